The van der Waals surface area contributed by atoms with Gasteiger partial charge in [-0.05, 0) is 68.4 Å². The molecule has 2 aliphatic heterocycles. The first-order valence-corrected chi connectivity index (χ1v) is 13.1. The van der Waals surface area contributed by atoms with Gasteiger partial charge in [0.1, 0.15) is 0 Å². The number of fused-ring (bicyclic) bond motifs is 4. The summed E-state index contributed by atoms with van der Waals surface area (Å²) in [6, 6.07) is 11.2. The topological polar surface area (TPSA) is 55.7 Å². The number of hydrogen-bond donors (Lipinski definition) is 1. The van der Waals surface area contributed by atoms with Crippen LogP contribution in [0.25, 0.3) is 0 Å². The predicted molar refractivity (Wildman–Crippen MR) is 134 cm³/mol. The van der Waals surface area contributed by atoms with Gasteiger partial charge < -0.3 is 24.3 Å². The monoisotopic (exact) mass is 465 g/mol. The quantitative estimate of drug-likeness (QED) is 0.642. The molecule has 2 aromatic rings. The van der Waals surface area contributed by atoms with Crippen LogP contribution in [0.3, 0.4) is 0 Å². The van der Waals surface area contributed by atoms with E-state index in [0.717, 1.165) is 32.4 Å². The Bertz CT molecular complexity index is 1010. The highest BCUT2D eigenvalue weighted by Gasteiger charge is 2.46. The molecule has 6 heteroatoms. The molecule has 184 valence electrons. The van der Waals surface area contributed by atoms with Gasteiger partial charge in [-0.25, -0.2) is 0 Å². The number of hydrogen-bond acceptors (Lipinski definition) is 4. The lowest BCUT2D eigenvalue weighted by atomic mass is 9.77. The highest BCUT2D eigenvalue weighted by molar-refractivity contribution is 5.95. The Morgan fingerprint density at radius 1 is 1.15 bits per heavy atom. The lowest BCUT2D eigenvalue weighted by Gasteiger charge is -2.52. The number of methoxy groups -OCH3 is 1. The Hall–Kier alpha value is -2.47. The van der Waals surface area contributed by atoms with Crippen LogP contribution >= 0.6 is 0 Å². The molecule has 6 nitrogen and oxygen atoms in total. The fourth-order valence-electron chi connectivity index (χ4n) is 6.13. The molecule has 0 bridgehead atoms. The lowest BCUT2D eigenvalue weighted by molar-refractivity contribution is 0.0512. The van der Waals surface area contributed by atoms with Crippen LogP contribution in [-0.4, -0.2) is 48.2 Å². The summed E-state index contributed by atoms with van der Waals surface area (Å²) in [5.74, 6) is 1.98. The van der Waals surface area contributed by atoms with Gasteiger partial charge in [0.05, 0.1) is 19.3 Å². The number of nitrogens with one attached hydrogen (secondary N) is 1. The number of nitrogens with zero attached hydrogens (tertiary/aromatic N) is 2. The Balaban J connectivity index is 1.27. The Morgan fingerprint density at radius 3 is 2.71 bits per heavy atom. The van der Waals surface area contributed by atoms with Crippen molar-refractivity contribution in [1.29, 1.82) is 0 Å². The molecule has 1 aromatic heterocycles. The molecule has 2 atom stereocenters. The van der Waals surface area contributed by atoms with Crippen molar-refractivity contribution in [2.75, 3.05) is 26.8 Å². The van der Waals surface area contributed by atoms with Crippen LogP contribution in [0.15, 0.2) is 36.5 Å². The maximum Gasteiger partial charge on any atom is 0.253 e. The van der Waals surface area contributed by atoms with E-state index in [1.54, 1.807) is 7.11 Å². The average Bonchev–Trinajstić information content (AvgIpc) is 3.36. The summed E-state index contributed by atoms with van der Waals surface area (Å²) in [6.45, 7) is 6.51. The molecule has 1 aliphatic carbocycles. The van der Waals surface area contributed by atoms with E-state index in [1.807, 2.05) is 23.1 Å². The summed E-state index contributed by atoms with van der Waals surface area (Å²) in [6.07, 6.45) is 10.3. The van der Waals surface area contributed by atoms with Crippen LogP contribution in [-0.2, 0) is 5.54 Å². The zero-order valence-electron chi connectivity index (χ0n) is 20.9. The van der Waals surface area contributed by atoms with Gasteiger partial charge in [0, 0.05) is 42.6 Å². The molecule has 2 unspecified atom stereocenters. The largest absolute Gasteiger partial charge is 0.493 e. The van der Waals surface area contributed by atoms with Gasteiger partial charge >= 0.3 is 0 Å². The van der Waals surface area contributed by atoms with Crippen molar-refractivity contribution in [2.45, 2.75) is 76.4 Å². The SMILES string of the molecule is COc1cc(C(=O)N2CCC3(CC2)NC2CCCCC2n2cccc23)ccc1OCCC(C)C. The van der Waals surface area contributed by atoms with Crippen LogP contribution in [0, 0.1) is 5.92 Å². The molecule has 3 heterocycles. The summed E-state index contributed by atoms with van der Waals surface area (Å²) < 4.78 is 14.0. The first-order chi connectivity index (χ1) is 16.5. The number of likely N-dealkylation sites (tertiary alicyclic amines) is 1. The van der Waals surface area contributed by atoms with Gasteiger partial charge in [0.15, 0.2) is 11.5 Å². The van der Waals surface area contributed by atoms with Gasteiger partial charge in [-0.1, -0.05) is 26.7 Å². The summed E-state index contributed by atoms with van der Waals surface area (Å²) in [4.78, 5) is 15.4. The van der Waals surface area contributed by atoms with Gasteiger partial charge in [-0.2, -0.15) is 0 Å². The summed E-state index contributed by atoms with van der Waals surface area (Å²) >= 11 is 0. The van der Waals surface area contributed by atoms with Crippen LogP contribution in [0.1, 0.15) is 80.9 Å². The maximum atomic E-state index is 13.4. The van der Waals surface area contributed by atoms with Crippen LogP contribution in [0.5, 0.6) is 11.5 Å². The number of carbonyl (C=O) groups excluding carboxylic acids is 1. The Kier molecular flexibility index (Phi) is 6.61. The third-order valence-electron chi connectivity index (χ3n) is 8.09. The summed E-state index contributed by atoms with van der Waals surface area (Å²) in [5.41, 5.74) is 2.05. The van der Waals surface area contributed by atoms with E-state index in [0.29, 0.717) is 41.7 Å². The highest BCUT2D eigenvalue weighted by Crippen LogP contribution is 2.44. The lowest BCUT2D eigenvalue weighted by Crippen LogP contribution is -2.61. The normalized spacial score (nSPS) is 23.5. The third-order valence-corrected chi connectivity index (χ3v) is 8.09. The number of benzene rings is 1. The second kappa shape index (κ2) is 9.65. The number of amides is 1. The van der Waals surface area contributed by atoms with Gasteiger partial charge in [0.2, 0.25) is 0 Å². The van der Waals surface area contributed by atoms with E-state index in [2.05, 4.69) is 42.1 Å². The van der Waals surface area contributed by atoms with Crippen molar-refractivity contribution in [1.82, 2.24) is 14.8 Å². The number of carbonyl (C=O) groups is 1. The fourth-order valence-corrected chi connectivity index (χ4v) is 6.13. The number of piperidine rings is 1. The molecule has 1 saturated carbocycles. The van der Waals surface area contributed by atoms with Gasteiger partial charge in [0.25, 0.3) is 5.91 Å². The molecule has 1 spiro atoms. The van der Waals surface area contributed by atoms with E-state index in [1.165, 1.54) is 31.4 Å². The van der Waals surface area contributed by atoms with Crippen molar-refractivity contribution in [2.24, 2.45) is 5.92 Å². The van der Waals surface area contributed by atoms with Crippen molar-refractivity contribution in [3.05, 3.63) is 47.8 Å². The minimum absolute atomic E-state index is 0.0232. The molecule has 1 amide bonds. The van der Waals surface area contributed by atoms with E-state index in [9.17, 15) is 4.79 Å². The van der Waals surface area contributed by atoms with Crippen molar-refractivity contribution in [3.8, 4) is 11.5 Å². The second-order valence-electron chi connectivity index (χ2n) is 10.7. The molecule has 1 saturated heterocycles. The summed E-state index contributed by atoms with van der Waals surface area (Å²) in [5, 5.41) is 4.07. The first kappa shape index (κ1) is 23.3. The van der Waals surface area contributed by atoms with E-state index < -0.39 is 0 Å². The molecule has 34 heavy (non-hydrogen) atoms. The van der Waals surface area contributed by atoms with Gasteiger partial charge in [-0.15, -0.1) is 0 Å². The Labute approximate surface area is 203 Å². The molecule has 1 aromatic carbocycles. The summed E-state index contributed by atoms with van der Waals surface area (Å²) in [7, 11) is 1.63. The number of ether oxygens (including phenoxy) is 2. The maximum absolute atomic E-state index is 13.4. The van der Waals surface area contributed by atoms with Gasteiger partial charge in [-0.3, -0.25) is 4.79 Å². The van der Waals surface area contributed by atoms with Crippen LogP contribution < -0.4 is 14.8 Å². The van der Waals surface area contributed by atoms with Crippen LogP contribution in [0.4, 0.5) is 0 Å². The second-order valence-corrected chi connectivity index (χ2v) is 10.7. The molecular weight excluding hydrogens is 426 g/mol. The first-order valence-electron chi connectivity index (χ1n) is 13.1. The molecule has 0 radical (unpaired) electrons. The van der Waals surface area contributed by atoms with Crippen molar-refractivity contribution < 1.29 is 14.3 Å². The Morgan fingerprint density at radius 2 is 1.94 bits per heavy atom. The average molecular weight is 466 g/mol. The van der Waals surface area contributed by atoms with Crippen LogP contribution in [0.2, 0.25) is 0 Å². The zero-order chi connectivity index (χ0) is 23.7. The van der Waals surface area contributed by atoms with E-state index in [-0.39, 0.29) is 11.4 Å². The van der Waals surface area contributed by atoms with E-state index in [4.69, 9.17) is 9.47 Å². The smallest absolute Gasteiger partial charge is 0.253 e. The predicted octanol–water partition coefficient (Wildman–Crippen LogP) is 5.14. The molecule has 1 N–H and O–H groups in total. The fraction of sp³-hybridized carbons (Fsp3) is 0.607. The number of rotatable bonds is 6. The third kappa shape index (κ3) is 4.33. The minimum atomic E-state index is -0.0232. The molecule has 5 rings (SSSR count). The van der Waals surface area contributed by atoms with E-state index >= 15 is 0 Å². The molecular formula is C28H39N3O3. The molecule has 2 fully saturated rings. The van der Waals surface area contributed by atoms with Crippen molar-refractivity contribution in [3.63, 3.8) is 0 Å². The zero-order valence-corrected chi connectivity index (χ0v) is 20.9. The highest BCUT2D eigenvalue weighted by atomic mass is 16.5. The van der Waals surface area contributed by atoms with Crippen molar-refractivity contribution >= 4 is 5.91 Å². The standard InChI is InChI=1S/C28H39N3O3/c1-20(2)12-18-34-24-11-10-21(19-25(24)33-3)27(32)30-16-13-28(14-17-30)26-9-6-15-31(26)23-8-5-4-7-22(23)29-28/h6,9-11,15,19-20,22-23,29H,4-5,7-8,12-14,16-18H2,1-3H3. The molecule has 3 aliphatic rings. The number of aromatic nitrogens is 1. The minimum Gasteiger partial charge on any atom is -0.493 e.